The van der Waals surface area contributed by atoms with E-state index in [1.165, 1.54) is 36.4 Å². The van der Waals surface area contributed by atoms with E-state index in [-0.39, 0.29) is 29.2 Å². The van der Waals surface area contributed by atoms with Crippen LogP contribution in [0, 0.1) is 17.7 Å². The number of rotatable bonds is 7. The number of hydrogen-bond donors (Lipinski definition) is 2. The minimum Gasteiger partial charge on any atom is -0.481 e. The number of benzene rings is 2. The Morgan fingerprint density at radius 3 is 2.28 bits per heavy atom. The van der Waals surface area contributed by atoms with Crippen molar-refractivity contribution >= 4 is 17.7 Å². The van der Waals surface area contributed by atoms with Gasteiger partial charge in [0, 0.05) is 30.9 Å². The molecular weight excluding hydrogens is 377 g/mol. The van der Waals surface area contributed by atoms with Crippen molar-refractivity contribution in [2.24, 2.45) is 11.8 Å². The van der Waals surface area contributed by atoms with Crippen LogP contribution in [-0.2, 0) is 9.53 Å². The average Bonchev–Trinajstić information content (AvgIpc) is 2.74. The standard InChI is InChI=1S/C22H22FNO5/c23-16-7-5-15(6-8-16)20(25)17-3-1-2-4-18(17)21(26)24-13-19(22(27)28)14-9-11-29-12-10-14/h1-8,14,19H,9-13H2,(H,24,26)(H,27,28). The minimum atomic E-state index is -0.965. The first-order chi connectivity index (χ1) is 14.0. The zero-order valence-electron chi connectivity index (χ0n) is 15.8. The fourth-order valence-electron chi connectivity index (χ4n) is 3.51. The molecule has 1 atom stereocenters. The van der Waals surface area contributed by atoms with E-state index in [9.17, 15) is 23.9 Å². The monoisotopic (exact) mass is 399 g/mol. The summed E-state index contributed by atoms with van der Waals surface area (Å²) in [6.07, 6.45) is 1.26. The van der Waals surface area contributed by atoms with Crippen LogP contribution in [0.1, 0.15) is 39.1 Å². The molecule has 152 valence electrons. The molecule has 1 heterocycles. The van der Waals surface area contributed by atoms with Gasteiger partial charge in [0.1, 0.15) is 5.82 Å². The van der Waals surface area contributed by atoms with Crippen molar-refractivity contribution in [3.8, 4) is 0 Å². The van der Waals surface area contributed by atoms with E-state index in [4.69, 9.17) is 4.74 Å². The highest BCUT2D eigenvalue weighted by Crippen LogP contribution is 2.24. The first-order valence-electron chi connectivity index (χ1n) is 9.45. The van der Waals surface area contributed by atoms with Gasteiger partial charge in [0.25, 0.3) is 5.91 Å². The first kappa shape index (κ1) is 20.7. The first-order valence-corrected chi connectivity index (χ1v) is 9.45. The van der Waals surface area contributed by atoms with Crippen LogP contribution in [-0.4, -0.2) is 42.5 Å². The number of carboxylic acids is 1. The van der Waals surface area contributed by atoms with Crippen LogP contribution in [0.25, 0.3) is 0 Å². The van der Waals surface area contributed by atoms with E-state index in [2.05, 4.69) is 5.32 Å². The highest BCUT2D eigenvalue weighted by Gasteiger charge is 2.30. The SMILES string of the molecule is O=C(NCC(C(=O)O)C1CCOCC1)c1ccccc1C(=O)c1ccc(F)cc1. The molecule has 0 aromatic heterocycles. The van der Waals surface area contributed by atoms with E-state index < -0.39 is 29.4 Å². The second-order valence-electron chi connectivity index (χ2n) is 6.99. The second-order valence-corrected chi connectivity index (χ2v) is 6.99. The van der Waals surface area contributed by atoms with Crippen LogP contribution in [0.3, 0.4) is 0 Å². The van der Waals surface area contributed by atoms with Crippen LogP contribution in [0.15, 0.2) is 48.5 Å². The van der Waals surface area contributed by atoms with Gasteiger partial charge >= 0.3 is 5.97 Å². The highest BCUT2D eigenvalue weighted by atomic mass is 19.1. The van der Waals surface area contributed by atoms with Crippen LogP contribution in [0.2, 0.25) is 0 Å². The quantitative estimate of drug-likeness (QED) is 0.699. The zero-order valence-corrected chi connectivity index (χ0v) is 15.8. The summed E-state index contributed by atoms with van der Waals surface area (Å²) in [7, 11) is 0. The lowest BCUT2D eigenvalue weighted by atomic mass is 9.86. The summed E-state index contributed by atoms with van der Waals surface area (Å²) in [5, 5.41) is 12.2. The third kappa shape index (κ3) is 5.06. The van der Waals surface area contributed by atoms with Crippen molar-refractivity contribution in [3.05, 3.63) is 71.0 Å². The molecule has 3 rings (SSSR count). The molecule has 2 aromatic rings. The topological polar surface area (TPSA) is 92.7 Å². The van der Waals surface area contributed by atoms with Gasteiger partial charge in [-0.1, -0.05) is 18.2 Å². The molecule has 0 radical (unpaired) electrons. The molecule has 2 N–H and O–H groups in total. The largest absolute Gasteiger partial charge is 0.481 e. The van der Waals surface area contributed by atoms with E-state index in [0.29, 0.717) is 26.1 Å². The Morgan fingerprint density at radius 2 is 1.66 bits per heavy atom. The molecule has 1 unspecified atom stereocenters. The molecule has 6 nitrogen and oxygen atoms in total. The number of aliphatic carboxylic acids is 1. The number of hydrogen-bond acceptors (Lipinski definition) is 4. The Kier molecular flexibility index (Phi) is 6.72. The van der Waals surface area contributed by atoms with Crippen LogP contribution >= 0.6 is 0 Å². The minimum absolute atomic E-state index is 0.0299. The van der Waals surface area contributed by atoms with Gasteiger partial charge in [-0.05, 0) is 49.1 Å². The zero-order chi connectivity index (χ0) is 20.8. The van der Waals surface area contributed by atoms with Crippen molar-refractivity contribution < 1.29 is 28.6 Å². The number of carbonyl (C=O) groups excluding carboxylic acids is 2. The number of carbonyl (C=O) groups is 3. The Morgan fingerprint density at radius 1 is 1.03 bits per heavy atom. The number of nitrogens with one attached hydrogen (secondary N) is 1. The van der Waals surface area contributed by atoms with E-state index in [1.807, 2.05) is 0 Å². The molecule has 29 heavy (non-hydrogen) atoms. The second kappa shape index (κ2) is 9.43. The maximum atomic E-state index is 13.1. The molecular formula is C22H22FNO5. The summed E-state index contributed by atoms with van der Waals surface area (Å²) in [5.74, 6) is -3.14. The fourth-order valence-corrected chi connectivity index (χ4v) is 3.51. The normalized spacial score (nSPS) is 15.5. The van der Waals surface area contributed by atoms with E-state index in [1.54, 1.807) is 12.1 Å². The Labute approximate surface area is 167 Å². The number of halogens is 1. The summed E-state index contributed by atoms with van der Waals surface area (Å²) in [5.41, 5.74) is 0.588. The molecule has 0 saturated carbocycles. The highest BCUT2D eigenvalue weighted by molar-refractivity contribution is 6.15. The van der Waals surface area contributed by atoms with E-state index >= 15 is 0 Å². The third-order valence-electron chi connectivity index (χ3n) is 5.16. The maximum Gasteiger partial charge on any atom is 0.308 e. The fraction of sp³-hybridized carbons (Fsp3) is 0.318. The number of ether oxygens (including phenoxy) is 1. The van der Waals surface area contributed by atoms with Gasteiger partial charge in [-0.15, -0.1) is 0 Å². The summed E-state index contributed by atoms with van der Waals surface area (Å²) in [6, 6.07) is 11.4. The molecule has 7 heteroatoms. The maximum absolute atomic E-state index is 13.1. The van der Waals surface area contributed by atoms with Crippen LogP contribution < -0.4 is 5.32 Å². The summed E-state index contributed by atoms with van der Waals surface area (Å²) in [4.78, 5) is 37.1. The van der Waals surface area contributed by atoms with Crippen molar-refractivity contribution in [1.82, 2.24) is 5.32 Å². The lowest BCUT2D eigenvalue weighted by Gasteiger charge is -2.27. The van der Waals surface area contributed by atoms with Gasteiger partial charge in [0.05, 0.1) is 11.5 Å². The number of ketones is 1. The summed E-state index contributed by atoms with van der Waals surface area (Å²) in [6.45, 7) is 0.993. The van der Waals surface area contributed by atoms with Gasteiger partial charge < -0.3 is 15.2 Å². The molecule has 0 bridgehead atoms. The predicted molar refractivity (Wildman–Crippen MR) is 103 cm³/mol. The Hall–Kier alpha value is -3.06. The molecule has 1 aliphatic rings. The smallest absolute Gasteiger partial charge is 0.308 e. The summed E-state index contributed by atoms with van der Waals surface area (Å²) < 4.78 is 18.4. The Balaban J connectivity index is 1.74. The average molecular weight is 399 g/mol. The van der Waals surface area contributed by atoms with Crippen LogP contribution in [0.5, 0.6) is 0 Å². The third-order valence-corrected chi connectivity index (χ3v) is 5.16. The summed E-state index contributed by atoms with van der Waals surface area (Å²) >= 11 is 0. The van der Waals surface area contributed by atoms with Gasteiger partial charge in [-0.25, -0.2) is 4.39 Å². The molecule has 0 aliphatic carbocycles. The number of carboxylic acid groups (broad SMARTS) is 1. The molecule has 1 aliphatic heterocycles. The van der Waals surface area contributed by atoms with Gasteiger partial charge in [0.15, 0.2) is 5.78 Å². The van der Waals surface area contributed by atoms with E-state index in [0.717, 1.165) is 0 Å². The molecule has 1 amide bonds. The molecule has 0 spiro atoms. The van der Waals surface area contributed by atoms with Crippen molar-refractivity contribution in [1.29, 1.82) is 0 Å². The Bertz CT molecular complexity index is 890. The number of amides is 1. The lowest BCUT2D eigenvalue weighted by molar-refractivity contribution is -0.144. The van der Waals surface area contributed by atoms with Crippen LogP contribution in [0.4, 0.5) is 4.39 Å². The van der Waals surface area contributed by atoms with Gasteiger partial charge in [-0.2, -0.15) is 0 Å². The lowest BCUT2D eigenvalue weighted by Crippen LogP contribution is -2.39. The van der Waals surface area contributed by atoms with Gasteiger partial charge in [-0.3, -0.25) is 14.4 Å². The van der Waals surface area contributed by atoms with Crippen molar-refractivity contribution in [2.45, 2.75) is 12.8 Å². The molecule has 2 aromatic carbocycles. The van der Waals surface area contributed by atoms with Crippen molar-refractivity contribution in [2.75, 3.05) is 19.8 Å². The van der Waals surface area contributed by atoms with Crippen molar-refractivity contribution in [3.63, 3.8) is 0 Å². The van der Waals surface area contributed by atoms with Gasteiger partial charge in [0.2, 0.25) is 0 Å². The molecule has 1 saturated heterocycles. The molecule has 1 fully saturated rings. The predicted octanol–water partition coefficient (Wildman–Crippen LogP) is 2.91.